The van der Waals surface area contributed by atoms with Crippen molar-refractivity contribution in [2.75, 3.05) is 26.2 Å². The Balaban J connectivity index is 2.12. The first-order valence-electron chi connectivity index (χ1n) is 7.88. The van der Waals surface area contributed by atoms with Gasteiger partial charge in [0.25, 0.3) is 0 Å². The van der Waals surface area contributed by atoms with Gasteiger partial charge in [0.05, 0.1) is 0 Å². The van der Waals surface area contributed by atoms with Crippen molar-refractivity contribution in [3.63, 3.8) is 0 Å². The lowest BCUT2D eigenvalue weighted by molar-refractivity contribution is -0.122. The van der Waals surface area contributed by atoms with E-state index in [9.17, 15) is 4.79 Å². The molecule has 120 valence electrons. The van der Waals surface area contributed by atoms with Crippen LogP contribution in [0.2, 0.25) is 0 Å². The highest BCUT2D eigenvalue weighted by Gasteiger charge is 2.13. The molecule has 1 aliphatic rings. The smallest absolute Gasteiger partial charge is 0.220 e. The zero-order valence-electron chi connectivity index (χ0n) is 13.2. The first-order valence-corrected chi connectivity index (χ1v) is 7.88. The molecule has 0 aliphatic heterocycles. The summed E-state index contributed by atoms with van der Waals surface area (Å²) >= 11 is 0. The minimum atomic E-state index is 0.101. The van der Waals surface area contributed by atoms with Crippen LogP contribution in [-0.2, 0) is 4.79 Å². The molecule has 0 aromatic carbocycles. The van der Waals surface area contributed by atoms with Crippen molar-refractivity contribution in [2.45, 2.75) is 38.6 Å². The number of hydrogen-bond donors (Lipinski definition) is 4. The fourth-order valence-electron chi connectivity index (χ4n) is 2.18. The third-order valence-electron chi connectivity index (χ3n) is 3.81. The molecule has 1 rings (SSSR count). The van der Waals surface area contributed by atoms with Crippen molar-refractivity contribution >= 4 is 5.91 Å². The SMILES string of the molecule is C=CNCCC(C)CC(=O)NCC(CN)NCC1=CCC1. The van der Waals surface area contributed by atoms with Gasteiger partial charge in [0, 0.05) is 38.6 Å². The van der Waals surface area contributed by atoms with Crippen molar-refractivity contribution < 1.29 is 4.79 Å². The predicted molar refractivity (Wildman–Crippen MR) is 87.8 cm³/mol. The topological polar surface area (TPSA) is 79.2 Å². The molecule has 0 saturated carbocycles. The molecule has 0 bridgehead atoms. The van der Waals surface area contributed by atoms with Gasteiger partial charge in [-0.3, -0.25) is 4.79 Å². The average molecular weight is 294 g/mol. The lowest BCUT2D eigenvalue weighted by atomic mass is 9.99. The number of nitrogens with two attached hydrogens (primary N) is 1. The van der Waals surface area contributed by atoms with Crippen LogP contribution in [0, 0.1) is 5.92 Å². The zero-order chi connectivity index (χ0) is 15.5. The lowest BCUT2D eigenvalue weighted by Gasteiger charge is -2.21. The molecular formula is C16H30N4O. The van der Waals surface area contributed by atoms with Gasteiger partial charge in [0.1, 0.15) is 0 Å². The summed E-state index contributed by atoms with van der Waals surface area (Å²) in [6.45, 7) is 8.58. The monoisotopic (exact) mass is 294 g/mol. The van der Waals surface area contributed by atoms with Crippen LogP contribution < -0.4 is 21.7 Å². The first-order chi connectivity index (χ1) is 10.2. The van der Waals surface area contributed by atoms with Crippen molar-refractivity contribution in [3.05, 3.63) is 24.4 Å². The van der Waals surface area contributed by atoms with E-state index in [2.05, 4.69) is 35.5 Å². The summed E-state index contributed by atoms with van der Waals surface area (Å²) in [6.07, 6.45) is 7.83. The summed E-state index contributed by atoms with van der Waals surface area (Å²) in [5.41, 5.74) is 7.18. The van der Waals surface area contributed by atoms with Gasteiger partial charge in [-0.15, -0.1) is 0 Å². The average Bonchev–Trinajstić information content (AvgIpc) is 2.40. The van der Waals surface area contributed by atoms with Crippen molar-refractivity contribution in [3.8, 4) is 0 Å². The number of hydrogen-bond acceptors (Lipinski definition) is 4. The maximum atomic E-state index is 11.9. The van der Waals surface area contributed by atoms with Crippen molar-refractivity contribution in [1.29, 1.82) is 0 Å². The van der Waals surface area contributed by atoms with E-state index in [1.54, 1.807) is 6.20 Å². The molecule has 0 radical (unpaired) electrons. The van der Waals surface area contributed by atoms with E-state index in [0.717, 1.165) is 19.5 Å². The first kappa shape index (κ1) is 17.7. The van der Waals surface area contributed by atoms with Gasteiger partial charge in [-0.1, -0.05) is 25.2 Å². The summed E-state index contributed by atoms with van der Waals surface area (Å²) < 4.78 is 0. The number of carbonyl (C=O) groups is 1. The molecule has 5 heteroatoms. The summed E-state index contributed by atoms with van der Waals surface area (Å²) in [5, 5.41) is 9.42. The molecule has 0 saturated heterocycles. The lowest BCUT2D eigenvalue weighted by Crippen LogP contribution is -2.46. The largest absolute Gasteiger partial charge is 0.391 e. The number of allylic oxidation sites excluding steroid dienone is 1. The number of nitrogens with one attached hydrogen (secondary N) is 3. The molecule has 21 heavy (non-hydrogen) atoms. The standard InChI is InChI=1S/C16H30N4O/c1-3-18-8-7-13(2)9-16(21)20-12-15(10-17)19-11-14-5-4-6-14/h3,5,13,15,18-19H,1,4,6-12,17H2,2H3,(H,20,21). The Hall–Kier alpha value is -1.33. The molecule has 0 fully saturated rings. The zero-order valence-corrected chi connectivity index (χ0v) is 13.2. The highest BCUT2D eigenvalue weighted by atomic mass is 16.1. The molecule has 2 atom stereocenters. The fraction of sp³-hybridized carbons (Fsp3) is 0.688. The van der Waals surface area contributed by atoms with Gasteiger partial charge in [0.2, 0.25) is 5.91 Å². The molecule has 0 aromatic heterocycles. The summed E-state index contributed by atoms with van der Waals surface area (Å²) in [6, 6.07) is 0.146. The maximum absolute atomic E-state index is 11.9. The fourth-order valence-corrected chi connectivity index (χ4v) is 2.18. The quantitative estimate of drug-likeness (QED) is 0.318. The number of rotatable bonds is 12. The minimum absolute atomic E-state index is 0.101. The van der Waals surface area contributed by atoms with E-state index in [0.29, 0.717) is 25.4 Å². The van der Waals surface area contributed by atoms with Crippen LogP contribution in [-0.4, -0.2) is 38.1 Å². The van der Waals surface area contributed by atoms with Crippen LogP contribution in [0.3, 0.4) is 0 Å². The van der Waals surface area contributed by atoms with E-state index < -0.39 is 0 Å². The second kappa shape index (κ2) is 10.4. The highest BCUT2D eigenvalue weighted by molar-refractivity contribution is 5.76. The van der Waals surface area contributed by atoms with E-state index in [4.69, 9.17) is 5.73 Å². The summed E-state index contributed by atoms with van der Waals surface area (Å²) in [7, 11) is 0. The molecule has 5 nitrogen and oxygen atoms in total. The van der Waals surface area contributed by atoms with Crippen molar-refractivity contribution in [1.82, 2.24) is 16.0 Å². The van der Waals surface area contributed by atoms with E-state index >= 15 is 0 Å². The second-order valence-corrected chi connectivity index (χ2v) is 5.77. The van der Waals surface area contributed by atoms with Crippen LogP contribution in [0.5, 0.6) is 0 Å². The van der Waals surface area contributed by atoms with Crippen LogP contribution in [0.1, 0.15) is 32.6 Å². The Bertz CT molecular complexity index is 354. The van der Waals surface area contributed by atoms with Crippen LogP contribution in [0.25, 0.3) is 0 Å². The van der Waals surface area contributed by atoms with Gasteiger partial charge < -0.3 is 21.7 Å². The minimum Gasteiger partial charge on any atom is -0.391 e. The molecule has 5 N–H and O–H groups in total. The Labute approximate surface area is 128 Å². The van der Waals surface area contributed by atoms with Crippen LogP contribution in [0.15, 0.2) is 24.4 Å². The molecule has 1 aliphatic carbocycles. The molecule has 0 heterocycles. The Morgan fingerprint density at radius 1 is 1.57 bits per heavy atom. The Morgan fingerprint density at radius 3 is 2.90 bits per heavy atom. The number of amides is 1. The molecule has 1 amide bonds. The third-order valence-corrected chi connectivity index (χ3v) is 3.81. The molecule has 0 aromatic rings. The van der Waals surface area contributed by atoms with Crippen molar-refractivity contribution in [2.24, 2.45) is 11.7 Å². The molecule has 2 unspecified atom stereocenters. The summed E-state index contributed by atoms with van der Waals surface area (Å²) in [5.74, 6) is 0.464. The van der Waals surface area contributed by atoms with Crippen LogP contribution in [0.4, 0.5) is 0 Å². The number of carbonyl (C=O) groups excluding carboxylic acids is 1. The normalized spacial score (nSPS) is 16.4. The van der Waals surface area contributed by atoms with Gasteiger partial charge in [0.15, 0.2) is 0 Å². The maximum Gasteiger partial charge on any atom is 0.220 e. The summed E-state index contributed by atoms with van der Waals surface area (Å²) in [4.78, 5) is 11.9. The Morgan fingerprint density at radius 2 is 2.33 bits per heavy atom. The highest BCUT2D eigenvalue weighted by Crippen LogP contribution is 2.16. The van der Waals surface area contributed by atoms with E-state index in [-0.39, 0.29) is 11.9 Å². The van der Waals surface area contributed by atoms with E-state index in [1.807, 2.05) is 0 Å². The van der Waals surface area contributed by atoms with Gasteiger partial charge in [-0.2, -0.15) is 0 Å². The molecule has 0 spiro atoms. The van der Waals surface area contributed by atoms with E-state index in [1.165, 1.54) is 18.4 Å². The van der Waals surface area contributed by atoms with Gasteiger partial charge in [-0.25, -0.2) is 0 Å². The third kappa shape index (κ3) is 7.87. The van der Waals surface area contributed by atoms with Gasteiger partial charge >= 0.3 is 0 Å². The Kier molecular flexibility index (Phi) is 8.78. The predicted octanol–water partition coefficient (Wildman–Crippen LogP) is 0.889. The van der Waals surface area contributed by atoms with Gasteiger partial charge in [-0.05, 0) is 31.4 Å². The van der Waals surface area contributed by atoms with Crippen LogP contribution >= 0.6 is 0 Å². The second-order valence-electron chi connectivity index (χ2n) is 5.77. The molecular weight excluding hydrogens is 264 g/mol.